The highest BCUT2D eigenvalue weighted by atomic mass is 15.4. The zero-order valence-electron chi connectivity index (χ0n) is 7.11. The molecule has 66 valence electrons. The fourth-order valence-electron chi connectivity index (χ4n) is 1.79. The predicted octanol–water partition coefficient (Wildman–Crippen LogP) is 0.189. The normalized spacial score (nSPS) is 22.2. The van der Waals surface area contributed by atoms with Gasteiger partial charge in [-0.1, -0.05) is 5.21 Å². The Bertz CT molecular complexity index is 255. The molecule has 1 aliphatic rings. The molecule has 1 aromatic rings. The Balaban J connectivity index is 2.05. The maximum atomic E-state index is 5.51. The van der Waals surface area contributed by atoms with Crippen LogP contribution in [-0.2, 0) is 13.0 Å². The van der Waals surface area contributed by atoms with E-state index in [1.165, 1.54) is 12.1 Å². The van der Waals surface area contributed by atoms with Crippen LogP contribution in [0.25, 0.3) is 0 Å². The van der Waals surface area contributed by atoms with Crippen LogP contribution in [0.2, 0.25) is 0 Å². The summed E-state index contributed by atoms with van der Waals surface area (Å²) >= 11 is 0. The van der Waals surface area contributed by atoms with Crippen LogP contribution in [0, 0.1) is 5.92 Å². The van der Waals surface area contributed by atoms with Crippen molar-refractivity contribution in [2.45, 2.75) is 25.8 Å². The van der Waals surface area contributed by atoms with E-state index < -0.39 is 0 Å². The molecular formula is C8H14N4. The molecule has 0 aromatic carbocycles. The van der Waals surface area contributed by atoms with Gasteiger partial charge in [-0.15, -0.1) is 5.10 Å². The third kappa shape index (κ3) is 1.34. The Morgan fingerprint density at radius 1 is 1.67 bits per heavy atom. The number of hydrogen-bond donors (Lipinski definition) is 1. The average Bonchev–Trinajstić information content (AvgIpc) is 2.51. The second-order valence-corrected chi connectivity index (χ2v) is 3.39. The van der Waals surface area contributed by atoms with E-state index in [9.17, 15) is 0 Å². The lowest BCUT2D eigenvalue weighted by atomic mass is 9.95. The molecule has 0 saturated heterocycles. The molecule has 2 heterocycles. The molecule has 0 amide bonds. The maximum absolute atomic E-state index is 5.51. The largest absolute Gasteiger partial charge is 0.330 e. The lowest BCUT2D eigenvalue weighted by Gasteiger charge is -2.21. The van der Waals surface area contributed by atoms with Crippen LogP contribution in [0.3, 0.4) is 0 Å². The molecule has 12 heavy (non-hydrogen) atoms. The molecule has 1 aliphatic heterocycles. The van der Waals surface area contributed by atoms with Gasteiger partial charge >= 0.3 is 0 Å². The molecule has 2 N–H and O–H groups in total. The minimum absolute atomic E-state index is 0.712. The van der Waals surface area contributed by atoms with E-state index in [4.69, 9.17) is 5.73 Å². The average molecular weight is 166 g/mol. The predicted molar refractivity (Wildman–Crippen MR) is 45.5 cm³/mol. The summed E-state index contributed by atoms with van der Waals surface area (Å²) in [6.45, 7) is 1.79. The molecule has 4 heteroatoms. The van der Waals surface area contributed by atoms with Crippen LogP contribution in [0.5, 0.6) is 0 Å². The first-order valence-corrected chi connectivity index (χ1v) is 4.47. The zero-order chi connectivity index (χ0) is 8.39. The van der Waals surface area contributed by atoms with Crippen molar-refractivity contribution < 1.29 is 0 Å². The summed E-state index contributed by atoms with van der Waals surface area (Å²) < 4.78 is 2.00. The number of nitrogens with zero attached hydrogens (tertiary/aromatic N) is 3. The maximum Gasteiger partial charge on any atom is 0.0725 e. The molecule has 0 saturated carbocycles. The van der Waals surface area contributed by atoms with Crippen molar-refractivity contribution >= 4 is 0 Å². The molecule has 2 rings (SSSR count). The number of aromatic nitrogens is 3. The second kappa shape index (κ2) is 3.23. The summed E-state index contributed by atoms with van der Waals surface area (Å²) in [5.41, 5.74) is 6.78. The van der Waals surface area contributed by atoms with Gasteiger partial charge in [-0.05, 0) is 31.7 Å². The fraction of sp³-hybridized carbons (Fsp3) is 0.750. The summed E-state index contributed by atoms with van der Waals surface area (Å²) in [5.74, 6) is 0.712. The minimum Gasteiger partial charge on any atom is -0.330 e. The van der Waals surface area contributed by atoms with Crippen molar-refractivity contribution in [1.29, 1.82) is 0 Å². The van der Waals surface area contributed by atoms with Gasteiger partial charge in [-0.2, -0.15) is 0 Å². The van der Waals surface area contributed by atoms with Crippen molar-refractivity contribution in [2.24, 2.45) is 11.7 Å². The van der Waals surface area contributed by atoms with Crippen molar-refractivity contribution in [3.8, 4) is 0 Å². The molecule has 1 unspecified atom stereocenters. The smallest absolute Gasteiger partial charge is 0.0725 e. The number of hydrogen-bond acceptors (Lipinski definition) is 3. The van der Waals surface area contributed by atoms with E-state index in [0.29, 0.717) is 5.92 Å². The SMILES string of the molecule is NCCC1CCc2cnnn2C1. The number of rotatable bonds is 2. The van der Waals surface area contributed by atoms with E-state index in [1.54, 1.807) is 0 Å². The highest BCUT2D eigenvalue weighted by Gasteiger charge is 2.18. The van der Waals surface area contributed by atoms with Gasteiger partial charge in [0.25, 0.3) is 0 Å². The van der Waals surface area contributed by atoms with Crippen molar-refractivity contribution in [3.63, 3.8) is 0 Å². The zero-order valence-corrected chi connectivity index (χ0v) is 7.11. The molecule has 0 bridgehead atoms. The fourth-order valence-corrected chi connectivity index (χ4v) is 1.79. The van der Waals surface area contributed by atoms with Gasteiger partial charge in [0, 0.05) is 6.54 Å². The van der Waals surface area contributed by atoms with Gasteiger partial charge in [0.05, 0.1) is 11.9 Å². The van der Waals surface area contributed by atoms with Gasteiger partial charge in [-0.3, -0.25) is 0 Å². The molecule has 1 aromatic heterocycles. The lowest BCUT2D eigenvalue weighted by Crippen LogP contribution is -2.22. The van der Waals surface area contributed by atoms with Crippen LogP contribution in [-0.4, -0.2) is 21.5 Å². The Morgan fingerprint density at radius 3 is 3.42 bits per heavy atom. The third-order valence-corrected chi connectivity index (χ3v) is 2.51. The van der Waals surface area contributed by atoms with E-state index >= 15 is 0 Å². The van der Waals surface area contributed by atoms with E-state index in [-0.39, 0.29) is 0 Å². The summed E-state index contributed by atoms with van der Waals surface area (Å²) in [6, 6.07) is 0. The summed E-state index contributed by atoms with van der Waals surface area (Å²) in [6.07, 6.45) is 5.32. The van der Waals surface area contributed by atoms with Crippen molar-refractivity contribution in [3.05, 3.63) is 11.9 Å². The van der Waals surface area contributed by atoms with Crippen molar-refractivity contribution in [1.82, 2.24) is 15.0 Å². The highest BCUT2D eigenvalue weighted by molar-refractivity contribution is 4.97. The van der Waals surface area contributed by atoms with Crippen LogP contribution in [0.1, 0.15) is 18.5 Å². The summed E-state index contributed by atoms with van der Waals surface area (Å²) in [4.78, 5) is 0. The van der Waals surface area contributed by atoms with Crippen LogP contribution >= 0.6 is 0 Å². The summed E-state index contributed by atoms with van der Waals surface area (Å²) in [5, 5.41) is 7.90. The molecule has 1 atom stereocenters. The van der Waals surface area contributed by atoms with E-state index in [1.807, 2.05) is 10.9 Å². The number of nitrogens with two attached hydrogens (primary N) is 1. The van der Waals surface area contributed by atoms with Crippen LogP contribution in [0.15, 0.2) is 6.20 Å². The molecule has 0 aliphatic carbocycles. The van der Waals surface area contributed by atoms with Gasteiger partial charge in [0.15, 0.2) is 0 Å². The monoisotopic (exact) mass is 166 g/mol. The molecule has 0 fully saturated rings. The number of aryl methyl sites for hydroxylation is 1. The van der Waals surface area contributed by atoms with Crippen LogP contribution < -0.4 is 5.73 Å². The van der Waals surface area contributed by atoms with Gasteiger partial charge < -0.3 is 5.73 Å². The van der Waals surface area contributed by atoms with Gasteiger partial charge in [0.2, 0.25) is 0 Å². The Hall–Kier alpha value is -0.900. The Labute approximate surface area is 71.8 Å². The van der Waals surface area contributed by atoms with Gasteiger partial charge in [0.1, 0.15) is 0 Å². The Kier molecular flexibility index (Phi) is 2.08. The molecule has 0 spiro atoms. The first kappa shape index (κ1) is 7.73. The lowest BCUT2D eigenvalue weighted by molar-refractivity contribution is 0.328. The first-order chi connectivity index (χ1) is 5.90. The third-order valence-electron chi connectivity index (χ3n) is 2.51. The Morgan fingerprint density at radius 2 is 2.58 bits per heavy atom. The van der Waals surface area contributed by atoms with Gasteiger partial charge in [-0.25, -0.2) is 4.68 Å². The molecular weight excluding hydrogens is 152 g/mol. The first-order valence-electron chi connectivity index (χ1n) is 4.47. The summed E-state index contributed by atoms with van der Waals surface area (Å²) in [7, 11) is 0. The van der Waals surface area contributed by atoms with E-state index in [2.05, 4.69) is 10.3 Å². The quantitative estimate of drug-likeness (QED) is 0.682. The molecule has 4 nitrogen and oxygen atoms in total. The second-order valence-electron chi connectivity index (χ2n) is 3.39. The van der Waals surface area contributed by atoms with Crippen LogP contribution in [0.4, 0.5) is 0 Å². The standard InChI is InChI=1S/C8H14N4/c9-4-3-7-1-2-8-5-10-11-12(8)6-7/h5,7H,1-4,6,9H2. The van der Waals surface area contributed by atoms with E-state index in [0.717, 1.165) is 25.9 Å². The molecule has 0 radical (unpaired) electrons. The minimum atomic E-state index is 0.712. The highest BCUT2D eigenvalue weighted by Crippen LogP contribution is 2.20. The number of fused-ring (bicyclic) bond motifs is 1. The van der Waals surface area contributed by atoms with Crippen molar-refractivity contribution in [2.75, 3.05) is 6.54 Å². The topological polar surface area (TPSA) is 56.7 Å².